The van der Waals surface area contributed by atoms with Crippen LogP contribution in [0.1, 0.15) is 43.0 Å². The van der Waals surface area contributed by atoms with E-state index in [0.29, 0.717) is 41.7 Å². The number of nitrogens with zero attached hydrogens (tertiary/aromatic N) is 6. The van der Waals surface area contributed by atoms with Crippen LogP contribution in [-0.4, -0.2) is 61.6 Å². The number of nitrogens with two attached hydrogens (primary N) is 1. The van der Waals surface area contributed by atoms with Crippen LogP contribution in [-0.2, 0) is 11.3 Å². The Morgan fingerprint density at radius 2 is 1.87 bits per heavy atom. The van der Waals surface area contributed by atoms with Crippen molar-refractivity contribution in [3.8, 4) is 11.5 Å². The maximum absolute atomic E-state index is 14.0. The normalized spacial score (nSPS) is 17.9. The van der Waals surface area contributed by atoms with Crippen LogP contribution >= 0.6 is 0 Å². The second kappa shape index (κ2) is 10.2. The number of carbonyl (C=O) groups is 1. The van der Waals surface area contributed by atoms with Gasteiger partial charge in [0.2, 0.25) is 5.91 Å². The molecule has 4 aromatic rings. The van der Waals surface area contributed by atoms with Gasteiger partial charge in [-0.3, -0.25) is 9.69 Å². The Balaban J connectivity index is 1.10. The second-order valence-corrected chi connectivity index (χ2v) is 10.5. The van der Waals surface area contributed by atoms with Crippen molar-refractivity contribution in [1.29, 1.82) is 0 Å². The Hall–Kier alpha value is -3.79. The summed E-state index contributed by atoms with van der Waals surface area (Å²) < 4.78 is 21.4. The van der Waals surface area contributed by atoms with E-state index in [4.69, 9.17) is 15.2 Å². The number of likely N-dealkylation sites (tertiary alicyclic amines) is 2. The number of piperidine rings is 2. The number of carbonyl (C=O) groups excluding carboxylic acids is 1. The van der Waals surface area contributed by atoms with E-state index in [-0.39, 0.29) is 23.7 Å². The molecule has 0 aliphatic carbocycles. The van der Waals surface area contributed by atoms with Crippen LogP contribution in [0.25, 0.3) is 22.6 Å². The minimum Gasteiger partial charge on any atom is -0.384 e. The summed E-state index contributed by atoms with van der Waals surface area (Å²) in [5.41, 5.74) is 9.07. The fourth-order valence-corrected chi connectivity index (χ4v) is 5.89. The highest BCUT2D eigenvalue weighted by molar-refractivity contribution is 5.81. The highest BCUT2D eigenvalue weighted by Crippen LogP contribution is 2.34. The lowest BCUT2D eigenvalue weighted by atomic mass is 9.93. The molecule has 2 saturated heterocycles. The van der Waals surface area contributed by atoms with E-state index >= 15 is 0 Å². The predicted octanol–water partition coefficient (Wildman–Crippen LogP) is 4.19. The van der Waals surface area contributed by atoms with E-state index in [1.54, 1.807) is 12.3 Å². The van der Waals surface area contributed by atoms with Gasteiger partial charge < -0.3 is 19.7 Å². The maximum atomic E-state index is 14.0. The molecule has 1 amide bonds. The molecule has 10 heteroatoms. The number of aromatic nitrogens is 4. The summed E-state index contributed by atoms with van der Waals surface area (Å²) in [6.45, 7) is 5.85. The number of benzene rings is 1. The third-order valence-electron chi connectivity index (χ3n) is 7.84. The molecule has 0 radical (unpaired) electrons. The lowest BCUT2D eigenvalue weighted by Crippen LogP contribution is -2.45. The zero-order valence-electron chi connectivity index (χ0n) is 21.5. The molecular formula is C28H32FN7O2. The van der Waals surface area contributed by atoms with Gasteiger partial charge in [0.25, 0.3) is 0 Å². The second-order valence-electron chi connectivity index (χ2n) is 10.5. The number of amides is 1. The van der Waals surface area contributed by atoms with E-state index in [1.807, 2.05) is 30.0 Å². The van der Waals surface area contributed by atoms with Crippen LogP contribution in [0.5, 0.6) is 0 Å². The number of pyridine rings is 1. The number of imidazole rings is 1. The fraction of sp³-hybridized carbons (Fsp3) is 0.429. The number of hydrogen-bond acceptors (Lipinski definition) is 7. The Labute approximate surface area is 220 Å². The van der Waals surface area contributed by atoms with Crippen LogP contribution in [0.15, 0.2) is 47.1 Å². The zero-order valence-corrected chi connectivity index (χ0v) is 21.5. The third kappa shape index (κ3) is 4.88. The summed E-state index contributed by atoms with van der Waals surface area (Å²) in [5, 5.41) is 4.17. The molecule has 0 spiro atoms. The summed E-state index contributed by atoms with van der Waals surface area (Å²) in [7, 11) is 0. The predicted molar refractivity (Wildman–Crippen MR) is 141 cm³/mol. The van der Waals surface area contributed by atoms with Gasteiger partial charge in [0.1, 0.15) is 23.1 Å². The Kier molecular flexibility index (Phi) is 6.57. The number of hydrogen-bond donors (Lipinski definition) is 1. The number of aryl methyl sites for hydroxylation is 1. The van der Waals surface area contributed by atoms with Crippen LogP contribution in [0.2, 0.25) is 0 Å². The number of halogens is 1. The monoisotopic (exact) mass is 517 g/mol. The molecule has 6 rings (SSSR count). The topological polar surface area (TPSA) is 106 Å². The van der Waals surface area contributed by atoms with Crippen LogP contribution in [0.4, 0.5) is 10.2 Å². The number of fused-ring (bicyclic) bond motifs is 1. The molecule has 1 aromatic carbocycles. The first-order valence-electron chi connectivity index (χ1n) is 13.3. The molecule has 2 aliphatic rings. The number of anilines is 1. The number of rotatable bonds is 5. The first kappa shape index (κ1) is 24.5. The van der Waals surface area contributed by atoms with Crippen molar-refractivity contribution in [3.05, 3.63) is 59.7 Å². The van der Waals surface area contributed by atoms with Crippen LogP contribution in [0, 0.1) is 18.7 Å². The third-order valence-corrected chi connectivity index (χ3v) is 7.84. The molecule has 2 aliphatic heterocycles. The molecule has 0 unspecified atom stereocenters. The van der Waals surface area contributed by atoms with Gasteiger partial charge in [-0.05, 0) is 75.5 Å². The largest absolute Gasteiger partial charge is 0.384 e. The van der Waals surface area contributed by atoms with E-state index in [1.165, 1.54) is 12.1 Å². The molecular weight excluding hydrogens is 485 g/mol. The standard InChI is InChI=1S/C28H32FN7O2/c1-18-14-24(33-38-18)27-32-23-16-21(29)2-3-25(23)36(27)22-7-12-35(13-8-22)28(37)20-5-10-34(11-6-20)17-19-4-9-31-26(30)15-19/h2-4,9,14-16,20,22H,5-8,10-13,17H2,1H3,(H2,30,31). The summed E-state index contributed by atoms with van der Waals surface area (Å²) in [6, 6.07) is 10.6. The molecule has 0 bridgehead atoms. The van der Waals surface area contributed by atoms with Gasteiger partial charge in [-0.2, -0.15) is 0 Å². The Bertz CT molecular complexity index is 1450. The van der Waals surface area contributed by atoms with E-state index in [9.17, 15) is 9.18 Å². The fourth-order valence-electron chi connectivity index (χ4n) is 5.89. The van der Waals surface area contributed by atoms with Gasteiger partial charge in [0.15, 0.2) is 5.82 Å². The van der Waals surface area contributed by atoms with Gasteiger partial charge in [0, 0.05) is 49.9 Å². The molecule has 3 aromatic heterocycles. The lowest BCUT2D eigenvalue weighted by Gasteiger charge is -2.38. The average Bonchev–Trinajstić information content (AvgIpc) is 3.52. The Morgan fingerprint density at radius 3 is 2.58 bits per heavy atom. The summed E-state index contributed by atoms with van der Waals surface area (Å²) >= 11 is 0. The first-order valence-corrected chi connectivity index (χ1v) is 13.3. The quantitative estimate of drug-likeness (QED) is 0.423. The van der Waals surface area contributed by atoms with Crippen molar-refractivity contribution in [3.63, 3.8) is 0 Å². The highest BCUT2D eigenvalue weighted by atomic mass is 19.1. The molecule has 2 fully saturated rings. The minimum absolute atomic E-state index is 0.0658. The SMILES string of the molecule is Cc1cc(-c2nc3cc(F)ccc3n2C2CCN(C(=O)C3CCN(Cc4ccnc(N)c4)CC3)CC2)no1. The summed E-state index contributed by atoms with van der Waals surface area (Å²) in [6.07, 6.45) is 5.09. The van der Waals surface area contributed by atoms with Gasteiger partial charge in [-0.1, -0.05) is 5.16 Å². The van der Waals surface area contributed by atoms with Crippen LogP contribution < -0.4 is 5.73 Å². The van der Waals surface area contributed by atoms with Crippen molar-refractivity contribution >= 4 is 22.8 Å². The van der Waals surface area contributed by atoms with Crippen molar-refractivity contribution < 1.29 is 13.7 Å². The Morgan fingerprint density at radius 1 is 1.08 bits per heavy atom. The molecule has 5 heterocycles. The molecule has 0 atom stereocenters. The van der Waals surface area contributed by atoms with E-state index < -0.39 is 0 Å². The smallest absolute Gasteiger partial charge is 0.225 e. The molecule has 9 nitrogen and oxygen atoms in total. The van der Waals surface area contributed by atoms with Gasteiger partial charge in [0.05, 0.1) is 11.0 Å². The first-order chi connectivity index (χ1) is 18.4. The zero-order chi connectivity index (χ0) is 26.2. The van der Waals surface area contributed by atoms with Crippen molar-refractivity contribution in [2.45, 2.75) is 45.2 Å². The molecule has 2 N–H and O–H groups in total. The van der Waals surface area contributed by atoms with Gasteiger partial charge >= 0.3 is 0 Å². The van der Waals surface area contributed by atoms with Crippen molar-refractivity contribution in [2.24, 2.45) is 5.92 Å². The molecule has 0 saturated carbocycles. The average molecular weight is 518 g/mol. The number of nitrogen functional groups attached to an aromatic ring is 1. The maximum Gasteiger partial charge on any atom is 0.225 e. The summed E-state index contributed by atoms with van der Waals surface area (Å²) in [4.78, 5) is 26.6. The van der Waals surface area contributed by atoms with Gasteiger partial charge in [-0.25, -0.2) is 14.4 Å². The van der Waals surface area contributed by atoms with E-state index in [2.05, 4.69) is 19.6 Å². The van der Waals surface area contributed by atoms with E-state index in [0.717, 1.165) is 56.4 Å². The summed E-state index contributed by atoms with van der Waals surface area (Å²) in [5.74, 6) is 1.92. The molecule has 38 heavy (non-hydrogen) atoms. The lowest BCUT2D eigenvalue weighted by molar-refractivity contribution is -0.138. The van der Waals surface area contributed by atoms with Crippen molar-refractivity contribution in [1.82, 2.24) is 29.5 Å². The van der Waals surface area contributed by atoms with Crippen LogP contribution in [0.3, 0.4) is 0 Å². The molecule has 198 valence electrons. The minimum atomic E-state index is -0.318. The highest BCUT2D eigenvalue weighted by Gasteiger charge is 2.32. The van der Waals surface area contributed by atoms with Crippen molar-refractivity contribution in [2.75, 3.05) is 31.9 Å². The van der Waals surface area contributed by atoms with Gasteiger partial charge in [-0.15, -0.1) is 0 Å².